The van der Waals surface area contributed by atoms with Gasteiger partial charge in [-0.3, -0.25) is 4.79 Å². The molecule has 0 N–H and O–H groups in total. The highest BCUT2D eigenvalue weighted by Gasteiger charge is 2.17. The van der Waals surface area contributed by atoms with Crippen LogP contribution in [0.2, 0.25) is 0 Å². The summed E-state index contributed by atoms with van der Waals surface area (Å²) in [5.41, 5.74) is 1.41. The van der Waals surface area contributed by atoms with Crippen molar-refractivity contribution in [3.05, 3.63) is 40.4 Å². The molecule has 0 aliphatic rings. The molecule has 100 valence electrons. The number of hydrogen-bond acceptors (Lipinski definition) is 5. The van der Waals surface area contributed by atoms with Crippen LogP contribution in [0.15, 0.2) is 24.3 Å². The molecule has 0 amide bonds. The normalized spacial score (nSPS) is 10.4. The molecule has 2 rings (SSSR count). The number of hydrogen-bond donors (Lipinski definition) is 0. The summed E-state index contributed by atoms with van der Waals surface area (Å²) >= 11 is 1.16. The van der Waals surface area contributed by atoms with Crippen LogP contribution < -0.4 is 4.74 Å². The Kier molecular flexibility index (Phi) is 4.63. The average Bonchev–Trinajstić information content (AvgIpc) is 2.87. The third-order valence-corrected chi connectivity index (χ3v) is 3.42. The first-order valence-electron chi connectivity index (χ1n) is 6.35. The number of rotatable bonds is 6. The molecule has 5 heteroatoms. The highest BCUT2D eigenvalue weighted by molar-refractivity contribution is 7.08. The number of carbonyl (C=O) groups is 1. The van der Waals surface area contributed by atoms with Crippen molar-refractivity contribution in [2.75, 3.05) is 6.61 Å². The molecule has 0 aliphatic carbocycles. The smallest absolute Gasteiger partial charge is 0.206 e. The van der Waals surface area contributed by atoms with Gasteiger partial charge in [0.1, 0.15) is 10.6 Å². The van der Waals surface area contributed by atoms with Crippen LogP contribution in [0.25, 0.3) is 0 Å². The molecule has 0 bridgehead atoms. The minimum Gasteiger partial charge on any atom is -0.494 e. The van der Waals surface area contributed by atoms with Gasteiger partial charge in [-0.1, -0.05) is 30.0 Å². The zero-order chi connectivity index (χ0) is 13.7. The maximum Gasteiger partial charge on any atom is 0.206 e. The van der Waals surface area contributed by atoms with Crippen molar-refractivity contribution < 1.29 is 9.53 Å². The summed E-state index contributed by atoms with van der Waals surface area (Å²) in [6.07, 6.45) is 1.73. The Labute approximate surface area is 116 Å². The molecule has 4 nitrogen and oxygen atoms in total. The lowest BCUT2D eigenvalue weighted by molar-refractivity contribution is 0.104. The van der Waals surface area contributed by atoms with Crippen molar-refractivity contribution in [2.24, 2.45) is 0 Å². The van der Waals surface area contributed by atoms with Crippen LogP contribution in [0.4, 0.5) is 0 Å². The summed E-state index contributed by atoms with van der Waals surface area (Å²) in [6.45, 7) is 4.56. The summed E-state index contributed by atoms with van der Waals surface area (Å²) in [6, 6.07) is 7.23. The van der Waals surface area contributed by atoms with Crippen LogP contribution in [0.3, 0.4) is 0 Å². The number of carbonyl (C=O) groups excluding carboxylic acids is 1. The summed E-state index contributed by atoms with van der Waals surface area (Å²) in [5.74, 6) is 0.683. The van der Waals surface area contributed by atoms with Gasteiger partial charge in [0.05, 0.1) is 12.3 Å². The van der Waals surface area contributed by atoms with E-state index in [0.29, 0.717) is 22.8 Å². The van der Waals surface area contributed by atoms with Crippen LogP contribution in [0.1, 0.15) is 41.2 Å². The number of ether oxygens (including phenoxy) is 1. The predicted molar refractivity (Wildman–Crippen MR) is 74.9 cm³/mol. The van der Waals surface area contributed by atoms with Crippen molar-refractivity contribution in [3.63, 3.8) is 0 Å². The van der Waals surface area contributed by atoms with E-state index in [1.807, 2.05) is 19.1 Å². The van der Waals surface area contributed by atoms with Gasteiger partial charge in [0.2, 0.25) is 5.78 Å². The number of ketones is 1. The van der Waals surface area contributed by atoms with E-state index in [-0.39, 0.29) is 5.78 Å². The van der Waals surface area contributed by atoms with Crippen LogP contribution in [0, 0.1) is 0 Å². The second-order valence-electron chi connectivity index (χ2n) is 4.09. The van der Waals surface area contributed by atoms with E-state index in [9.17, 15) is 4.79 Å². The van der Waals surface area contributed by atoms with Gasteiger partial charge in [-0.25, -0.2) is 0 Å². The van der Waals surface area contributed by atoms with Gasteiger partial charge in [0, 0.05) is 5.56 Å². The van der Waals surface area contributed by atoms with Gasteiger partial charge in [-0.05, 0) is 37.0 Å². The lowest BCUT2D eigenvalue weighted by Gasteiger charge is -2.05. The topological polar surface area (TPSA) is 52.1 Å². The first-order valence-corrected chi connectivity index (χ1v) is 7.12. The quantitative estimate of drug-likeness (QED) is 0.761. The Hall–Kier alpha value is -1.75. The third kappa shape index (κ3) is 3.17. The zero-order valence-electron chi connectivity index (χ0n) is 11.0. The standard InChI is InChI=1S/C14H16N2O2S/c1-3-6-12-14(19-16-15-12)13(17)10-7-5-8-11(9-10)18-4-2/h5,7-9H,3-4,6H2,1-2H3. The van der Waals surface area contributed by atoms with E-state index in [1.54, 1.807) is 12.1 Å². The van der Waals surface area contributed by atoms with Crippen molar-refractivity contribution in [3.8, 4) is 5.75 Å². The van der Waals surface area contributed by atoms with Crippen molar-refractivity contribution in [1.82, 2.24) is 9.59 Å². The van der Waals surface area contributed by atoms with Gasteiger partial charge in [0.25, 0.3) is 0 Å². The molecular formula is C14H16N2O2S. The molecule has 1 aromatic heterocycles. The van der Waals surface area contributed by atoms with Crippen molar-refractivity contribution in [1.29, 1.82) is 0 Å². The maximum absolute atomic E-state index is 12.4. The lowest BCUT2D eigenvalue weighted by Crippen LogP contribution is -2.03. The monoisotopic (exact) mass is 276 g/mol. The molecule has 0 unspecified atom stereocenters. The highest BCUT2D eigenvalue weighted by Crippen LogP contribution is 2.20. The number of benzene rings is 1. The second kappa shape index (κ2) is 6.43. The Morgan fingerprint density at radius 2 is 2.21 bits per heavy atom. The molecule has 2 aromatic rings. The highest BCUT2D eigenvalue weighted by atomic mass is 32.1. The molecule has 0 atom stereocenters. The van der Waals surface area contributed by atoms with Crippen molar-refractivity contribution >= 4 is 17.3 Å². The Balaban J connectivity index is 2.28. The van der Waals surface area contributed by atoms with E-state index in [1.165, 1.54) is 0 Å². The van der Waals surface area contributed by atoms with Gasteiger partial charge in [-0.15, -0.1) is 5.10 Å². The van der Waals surface area contributed by atoms with Gasteiger partial charge in [0.15, 0.2) is 0 Å². The summed E-state index contributed by atoms with van der Waals surface area (Å²) in [5, 5.41) is 4.03. The fraction of sp³-hybridized carbons (Fsp3) is 0.357. The van der Waals surface area contributed by atoms with E-state index >= 15 is 0 Å². The maximum atomic E-state index is 12.4. The summed E-state index contributed by atoms with van der Waals surface area (Å²) in [4.78, 5) is 13.1. The molecule has 0 spiro atoms. The van der Waals surface area contributed by atoms with Crippen LogP contribution >= 0.6 is 11.5 Å². The molecule has 1 aromatic carbocycles. The SMILES string of the molecule is CCCc1nnsc1C(=O)c1cccc(OCC)c1. The fourth-order valence-corrected chi connectivity index (χ4v) is 2.48. The first kappa shape index (κ1) is 13.7. The lowest BCUT2D eigenvalue weighted by atomic mass is 10.1. The molecule has 0 aliphatic heterocycles. The molecule has 0 saturated carbocycles. The van der Waals surface area contributed by atoms with Gasteiger partial charge >= 0.3 is 0 Å². The van der Waals surface area contributed by atoms with Crippen LogP contribution in [0.5, 0.6) is 5.75 Å². The third-order valence-electron chi connectivity index (χ3n) is 2.66. The minimum atomic E-state index is -0.0278. The zero-order valence-corrected chi connectivity index (χ0v) is 11.9. The largest absolute Gasteiger partial charge is 0.494 e. The van der Waals surface area contributed by atoms with E-state index < -0.39 is 0 Å². The molecular weight excluding hydrogens is 260 g/mol. The summed E-state index contributed by atoms with van der Waals surface area (Å²) < 4.78 is 9.30. The molecule has 0 fully saturated rings. The Bertz CT molecular complexity index is 566. The molecule has 19 heavy (non-hydrogen) atoms. The predicted octanol–water partition coefficient (Wildman–Crippen LogP) is 3.12. The first-order chi connectivity index (χ1) is 9.26. The number of aromatic nitrogens is 2. The van der Waals surface area contributed by atoms with E-state index in [4.69, 9.17) is 4.74 Å². The van der Waals surface area contributed by atoms with Crippen LogP contribution in [-0.4, -0.2) is 22.0 Å². The van der Waals surface area contributed by atoms with Crippen LogP contribution in [-0.2, 0) is 6.42 Å². The number of aryl methyl sites for hydroxylation is 1. The second-order valence-corrected chi connectivity index (χ2v) is 4.84. The number of nitrogens with zero attached hydrogens (tertiary/aromatic N) is 2. The Morgan fingerprint density at radius 3 is 2.95 bits per heavy atom. The minimum absolute atomic E-state index is 0.0278. The van der Waals surface area contributed by atoms with Crippen molar-refractivity contribution in [2.45, 2.75) is 26.7 Å². The average molecular weight is 276 g/mol. The fourth-order valence-electron chi connectivity index (χ4n) is 1.81. The molecule has 0 radical (unpaired) electrons. The Morgan fingerprint density at radius 1 is 1.37 bits per heavy atom. The van der Waals surface area contributed by atoms with Gasteiger partial charge < -0.3 is 4.74 Å². The molecule has 1 heterocycles. The van der Waals surface area contributed by atoms with E-state index in [2.05, 4.69) is 16.5 Å². The summed E-state index contributed by atoms with van der Waals surface area (Å²) in [7, 11) is 0. The van der Waals surface area contributed by atoms with Gasteiger partial charge in [-0.2, -0.15) is 0 Å². The molecule has 0 saturated heterocycles. The van der Waals surface area contributed by atoms with E-state index in [0.717, 1.165) is 30.1 Å².